The fourth-order valence-corrected chi connectivity index (χ4v) is 2.97. The van der Waals surface area contributed by atoms with Gasteiger partial charge in [-0.1, -0.05) is 44.2 Å². The second-order valence-electron chi connectivity index (χ2n) is 5.73. The molecule has 1 amide bonds. The van der Waals surface area contributed by atoms with E-state index in [2.05, 4.69) is 38.6 Å². The third-order valence-electron chi connectivity index (χ3n) is 4.20. The van der Waals surface area contributed by atoms with Gasteiger partial charge in [0.2, 0.25) is 5.91 Å². The molecule has 1 aliphatic rings. The molecule has 0 saturated carbocycles. The number of amides is 1. The van der Waals surface area contributed by atoms with Crippen LogP contribution < -0.4 is 0 Å². The molecule has 3 heteroatoms. The maximum atomic E-state index is 12.4. The zero-order valence-electron chi connectivity index (χ0n) is 11.7. The first-order valence-electron chi connectivity index (χ1n) is 7.08. The molecule has 0 aliphatic carbocycles. The van der Waals surface area contributed by atoms with Crippen LogP contribution in [-0.4, -0.2) is 29.1 Å². The Hall–Kier alpha value is -0.960. The van der Waals surface area contributed by atoms with Crippen LogP contribution in [0.1, 0.15) is 25.8 Å². The normalized spacial score (nSPS) is 25.1. The lowest BCUT2D eigenvalue weighted by molar-refractivity contribution is -0.132. The molecule has 0 N–H and O–H groups in total. The predicted octanol–water partition coefficient (Wildman–Crippen LogP) is 3.03. The average Bonchev–Trinajstić information content (AvgIpc) is 2.42. The molecule has 3 unspecified atom stereocenters. The lowest BCUT2D eigenvalue weighted by Crippen LogP contribution is -2.45. The summed E-state index contributed by atoms with van der Waals surface area (Å²) in [5.41, 5.74) is 1.18. The minimum atomic E-state index is -0.219. The number of hydrogen-bond donors (Lipinski definition) is 1. The molecule has 0 bridgehead atoms. The van der Waals surface area contributed by atoms with Crippen molar-refractivity contribution in [2.24, 2.45) is 11.8 Å². The van der Waals surface area contributed by atoms with Crippen LogP contribution in [-0.2, 0) is 11.2 Å². The van der Waals surface area contributed by atoms with E-state index in [4.69, 9.17) is 0 Å². The summed E-state index contributed by atoms with van der Waals surface area (Å²) in [7, 11) is 0. The van der Waals surface area contributed by atoms with Crippen LogP contribution in [0.25, 0.3) is 0 Å². The van der Waals surface area contributed by atoms with Crippen molar-refractivity contribution < 1.29 is 4.79 Å². The monoisotopic (exact) mass is 277 g/mol. The molecule has 1 saturated heterocycles. The molecule has 2 rings (SSSR count). The summed E-state index contributed by atoms with van der Waals surface area (Å²) in [5, 5.41) is -0.219. The number of carbonyl (C=O) groups excluding carboxylic acids is 1. The SMILES string of the molecule is CC1CCN(C(=O)C(S)Cc2ccccc2)CC1C. The topological polar surface area (TPSA) is 20.3 Å². The number of thiol groups is 1. The average molecular weight is 277 g/mol. The highest BCUT2D eigenvalue weighted by Crippen LogP contribution is 2.24. The molecule has 0 aromatic heterocycles. The van der Waals surface area contributed by atoms with Crippen molar-refractivity contribution in [1.82, 2.24) is 4.90 Å². The van der Waals surface area contributed by atoms with Gasteiger partial charge >= 0.3 is 0 Å². The number of hydrogen-bond acceptors (Lipinski definition) is 2. The van der Waals surface area contributed by atoms with E-state index in [1.54, 1.807) is 0 Å². The Morgan fingerprint density at radius 1 is 1.32 bits per heavy atom. The van der Waals surface area contributed by atoms with Gasteiger partial charge in [0.15, 0.2) is 0 Å². The van der Waals surface area contributed by atoms with Gasteiger partial charge < -0.3 is 4.90 Å². The molecule has 2 nitrogen and oxygen atoms in total. The van der Waals surface area contributed by atoms with Gasteiger partial charge in [-0.15, -0.1) is 0 Å². The van der Waals surface area contributed by atoms with Crippen molar-refractivity contribution >= 4 is 18.5 Å². The van der Waals surface area contributed by atoms with E-state index in [9.17, 15) is 4.79 Å². The second kappa shape index (κ2) is 6.47. The number of benzene rings is 1. The van der Waals surface area contributed by atoms with Gasteiger partial charge in [-0.05, 0) is 30.2 Å². The largest absolute Gasteiger partial charge is 0.341 e. The highest BCUT2D eigenvalue weighted by molar-refractivity contribution is 7.81. The Labute approximate surface area is 121 Å². The maximum Gasteiger partial charge on any atom is 0.235 e. The van der Waals surface area contributed by atoms with Crippen LogP contribution in [0.3, 0.4) is 0 Å². The Morgan fingerprint density at radius 2 is 2.00 bits per heavy atom. The van der Waals surface area contributed by atoms with E-state index >= 15 is 0 Å². The van der Waals surface area contributed by atoms with Crippen molar-refractivity contribution in [1.29, 1.82) is 0 Å². The number of rotatable bonds is 3. The van der Waals surface area contributed by atoms with Crippen molar-refractivity contribution in [3.63, 3.8) is 0 Å². The van der Waals surface area contributed by atoms with Gasteiger partial charge in [0.05, 0.1) is 5.25 Å². The fraction of sp³-hybridized carbons (Fsp3) is 0.562. The quantitative estimate of drug-likeness (QED) is 0.842. The van der Waals surface area contributed by atoms with Gasteiger partial charge in [0.25, 0.3) is 0 Å². The summed E-state index contributed by atoms with van der Waals surface area (Å²) in [6.07, 6.45) is 1.82. The molecule has 104 valence electrons. The summed E-state index contributed by atoms with van der Waals surface area (Å²) < 4.78 is 0. The molecule has 19 heavy (non-hydrogen) atoms. The summed E-state index contributed by atoms with van der Waals surface area (Å²) in [6, 6.07) is 10.1. The van der Waals surface area contributed by atoms with E-state index in [1.807, 2.05) is 23.1 Å². The zero-order chi connectivity index (χ0) is 13.8. The Kier molecular flexibility index (Phi) is 4.92. The van der Waals surface area contributed by atoms with Gasteiger partial charge in [-0.2, -0.15) is 12.6 Å². The van der Waals surface area contributed by atoms with E-state index < -0.39 is 0 Å². The van der Waals surface area contributed by atoms with Crippen LogP contribution >= 0.6 is 12.6 Å². The molecule has 1 aromatic rings. The Bertz CT molecular complexity index is 420. The van der Waals surface area contributed by atoms with Gasteiger partial charge in [0.1, 0.15) is 0 Å². The van der Waals surface area contributed by atoms with Crippen LogP contribution in [0.2, 0.25) is 0 Å². The minimum absolute atomic E-state index is 0.186. The Balaban J connectivity index is 1.92. The molecule has 1 heterocycles. The zero-order valence-corrected chi connectivity index (χ0v) is 12.6. The van der Waals surface area contributed by atoms with Gasteiger partial charge in [-0.3, -0.25) is 4.79 Å². The van der Waals surface area contributed by atoms with Crippen LogP contribution in [0.4, 0.5) is 0 Å². The number of carbonyl (C=O) groups is 1. The first-order valence-corrected chi connectivity index (χ1v) is 7.60. The summed E-state index contributed by atoms with van der Waals surface area (Å²) in [5.74, 6) is 1.50. The van der Waals surface area contributed by atoms with Crippen molar-refractivity contribution in [2.75, 3.05) is 13.1 Å². The molecule has 0 spiro atoms. The molecular formula is C16H23NOS. The molecular weight excluding hydrogens is 254 g/mol. The first kappa shape index (κ1) is 14.4. The molecule has 1 fully saturated rings. The highest BCUT2D eigenvalue weighted by Gasteiger charge is 2.28. The number of likely N-dealkylation sites (tertiary alicyclic amines) is 1. The van der Waals surface area contributed by atoms with Crippen molar-refractivity contribution in [3.8, 4) is 0 Å². The van der Waals surface area contributed by atoms with E-state index in [-0.39, 0.29) is 11.2 Å². The highest BCUT2D eigenvalue weighted by atomic mass is 32.1. The summed E-state index contributed by atoms with van der Waals surface area (Å²) in [4.78, 5) is 14.4. The van der Waals surface area contributed by atoms with Gasteiger partial charge in [-0.25, -0.2) is 0 Å². The lowest BCUT2D eigenvalue weighted by Gasteiger charge is -2.36. The number of nitrogens with zero attached hydrogens (tertiary/aromatic N) is 1. The first-order chi connectivity index (χ1) is 9.08. The predicted molar refractivity (Wildman–Crippen MR) is 82.4 cm³/mol. The minimum Gasteiger partial charge on any atom is -0.341 e. The second-order valence-corrected chi connectivity index (χ2v) is 6.36. The summed E-state index contributed by atoms with van der Waals surface area (Å²) in [6.45, 7) is 6.27. The number of piperidine rings is 1. The lowest BCUT2D eigenvalue weighted by atomic mass is 9.88. The summed E-state index contributed by atoms with van der Waals surface area (Å²) >= 11 is 4.51. The Morgan fingerprint density at radius 3 is 2.63 bits per heavy atom. The maximum absolute atomic E-state index is 12.4. The molecule has 3 atom stereocenters. The third kappa shape index (κ3) is 3.75. The fourth-order valence-electron chi connectivity index (χ4n) is 2.60. The van der Waals surface area contributed by atoms with Crippen molar-refractivity contribution in [2.45, 2.75) is 31.9 Å². The van der Waals surface area contributed by atoms with E-state index in [0.717, 1.165) is 25.4 Å². The van der Waals surface area contributed by atoms with Gasteiger partial charge in [0, 0.05) is 13.1 Å². The molecule has 0 radical (unpaired) electrons. The van der Waals surface area contributed by atoms with Crippen LogP contribution in [0, 0.1) is 11.8 Å². The third-order valence-corrected chi connectivity index (χ3v) is 4.61. The molecule has 1 aromatic carbocycles. The van der Waals surface area contributed by atoms with E-state index in [1.165, 1.54) is 5.56 Å². The standard InChI is InChI=1S/C16H23NOS/c1-12-8-9-17(11-13(12)2)16(18)15(19)10-14-6-4-3-5-7-14/h3-7,12-13,15,19H,8-11H2,1-2H3. The van der Waals surface area contributed by atoms with Crippen LogP contribution in [0.5, 0.6) is 0 Å². The van der Waals surface area contributed by atoms with Crippen molar-refractivity contribution in [3.05, 3.63) is 35.9 Å². The van der Waals surface area contributed by atoms with E-state index in [0.29, 0.717) is 12.3 Å². The smallest absolute Gasteiger partial charge is 0.235 e. The molecule has 1 aliphatic heterocycles. The van der Waals surface area contributed by atoms with Crippen LogP contribution in [0.15, 0.2) is 30.3 Å².